The molecule has 2 rings (SSSR count). The van der Waals surface area contributed by atoms with Crippen LogP contribution in [-0.2, 0) is 9.59 Å². The second kappa shape index (κ2) is 2.82. The predicted molar refractivity (Wildman–Crippen MR) is 48.2 cm³/mol. The van der Waals surface area contributed by atoms with Crippen LogP contribution >= 0.6 is 0 Å². The summed E-state index contributed by atoms with van der Waals surface area (Å²) in [5.41, 5.74) is 0.0588. The number of Topliss-reactive ketones (excluding diaryl/α,β-unsaturated/α-hetero) is 1. The molecule has 13 heavy (non-hydrogen) atoms. The highest BCUT2D eigenvalue weighted by atomic mass is 16.2. The monoisotopic (exact) mass is 181 g/mol. The van der Waals surface area contributed by atoms with Crippen molar-refractivity contribution in [1.82, 2.24) is 4.90 Å². The quantitative estimate of drug-likeness (QED) is 0.599. The fraction of sp³-hybridized carbons (Fsp3) is 0.800. The molecule has 1 saturated carbocycles. The van der Waals surface area contributed by atoms with E-state index in [0.29, 0.717) is 6.54 Å². The van der Waals surface area contributed by atoms with Gasteiger partial charge in [0.15, 0.2) is 5.78 Å². The molecule has 0 N–H and O–H groups in total. The topological polar surface area (TPSA) is 37.4 Å². The van der Waals surface area contributed by atoms with Crippen molar-refractivity contribution in [1.29, 1.82) is 0 Å². The van der Waals surface area contributed by atoms with Crippen molar-refractivity contribution >= 4 is 11.7 Å². The molecule has 2 fully saturated rings. The number of hydrogen-bond acceptors (Lipinski definition) is 2. The molecular formula is C10H15NO2. The zero-order valence-electron chi connectivity index (χ0n) is 8.01. The van der Waals surface area contributed by atoms with Crippen LogP contribution in [0.1, 0.15) is 39.0 Å². The first kappa shape index (κ1) is 8.73. The van der Waals surface area contributed by atoms with Gasteiger partial charge >= 0.3 is 0 Å². The zero-order chi connectivity index (χ0) is 9.47. The summed E-state index contributed by atoms with van der Waals surface area (Å²) >= 11 is 0. The lowest BCUT2D eigenvalue weighted by atomic mass is 9.73. The summed E-state index contributed by atoms with van der Waals surface area (Å²) in [5, 5.41) is 0. The Labute approximate surface area is 78.1 Å². The lowest BCUT2D eigenvalue weighted by Crippen LogP contribution is -2.54. The molecule has 3 nitrogen and oxygen atoms in total. The van der Waals surface area contributed by atoms with E-state index in [4.69, 9.17) is 0 Å². The van der Waals surface area contributed by atoms with E-state index >= 15 is 0 Å². The molecule has 0 aromatic heterocycles. The molecule has 72 valence electrons. The molecular weight excluding hydrogens is 166 g/mol. The van der Waals surface area contributed by atoms with Crippen LogP contribution < -0.4 is 0 Å². The maximum Gasteiger partial charge on any atom is 0.230 e. The van der Waals surface area contributed by atoms with Crippen LogP contribution in [0.4, 0.5) is 0 Å². The Kier molecular flexibility index (Phi) is 1.90. The molecule has 3 heteroatoms. The number of hydrogen-bond donors (Lipinski definition) is 0. The first-order valence-electron chi connectivity index (χ1n) is 5.00. The number of carbonyl (C=O) groups excluding carboxylic acids is 2. The summed E-state index contributed by atoms with van der Waals surface area (Å²) in [4.78, 5) is 24.4. The first-order valence-corrected chi connectivity index (χ1v) is 5.00. The van der Waals surface area contributed by atoms with E-state index < -0.39 is 0 Å². The average Bonchev–Trinajstić information content (AvgIpc) is 2.30. The largest absolute Gasteiger partial charge is 0.329 e. The minimum atomic E-state index is 0.0477. The Morgan fingerprint density at radius 3 is 2.38 bits per heavy atom. The third-order valence-corrected chi connectivity index (χ3v) is 3.50. The van der Waals surface area contributed by atoms with E-state index in [-0.39, 0.29) is 23.7 Å². The molecule has 0 atom stereocenters. The van der Waals surface area contributed by atoms with Crippen LogP contribution in [0, 0.1) is 0 Å². The molecule has 1 aliphatic carbocycles. The van der Waals surface area contributed by atoms with E-state index in [2.05, 4.69) is 6.92 Å². The van der Waals surface area contributed by atoms with Gasteiger partial charge in [-0.2, -0.15) is 0 Å². The molecule has 1 amide bonds. The van der Waals surface area contributed by atoms with Crippen LogP contribution in [0.3, 0.4) is 0 Å². The molecule has 1 heterocycles. The van der Waals surface area contributed by atoms with E-state index in [1.165, 1.54) is 6.42 Å². The van der Waals surface area contributed by atoms with Gasteiger partial charge in [0.05, 0.1) is 13.0 Å². The standard InChI is InChI=1S/C10H15NO2/c1-2-10(4-3-5-10)11-7-8(12)6-9(11)13/h2-7H2,1H3. The van der Waals surface area contributed by atoms with Gasteiger partial charge in [-0.25, -0.2) is 0 Å². The number of carbonyl (C=O) groups is 2. The molecule has 0 radical (unpaired) electrons. The third kappa shape index (κ3) is 1.18. The molecule has 0 aromatic rings. The minimum absolute atomic E-state index is 0.0477. The van der Waals surface area contributed by atoms with Gasteiger partial charge in [0.2, 0.25) is 5.91 Å². The minimum Gasteiger partial charge on any atom is -0.329 e. The number of amides is 1. The highest BCUT2D eigenvalue weighted by molar-refractivity contribution is 6.05. The number of nitrogens with zero attached hydrogens (tertiary/aromatic N) is 1. The number of rotatable bonds is 2. The first-order chi connectivity index (χ1) is 6.18. The van der Waals surface area contributed by atoms with Gasteiger partial charge in [0.25, 0.3) is 0 Å². The highest BCUT2D eigenvalue weighted by Crippen LogP contribution is 2.41. The molecule has 0 spiro atoms. The molecule has 2 aliphatic rings. The van der Waals surface area contributed by atoms with Crippen LogP contribution in [-0.4, -0.2) is 28.7 Å². The van der Waals surface area contributed by atoms with E-state index in [0.717, 1.165) is 19.3 Å². The van der Waals surface area contributed by atoms with Gasteiger partial charge in [-0.3, -0.25) is 9.59 Å². The molecule has 0 unspecified atom stereocenters. The van der Waals surface area contributed by atoms with Crippen LogP contribution in [0.15, 0.2) is 0 Å². The molecule has 0 bridgehead atoms. The molecule has 0 aromatic carbocycles. The van der Waals surface area contributed by atoms with Gasteiger partial charge in [0.1, 0.15) is 0 Å². The number of likely N-dealkylation sites (tertiary alicyclic amines) is 1. The maximum atomic E-state index is 11.5. The maximum absolute atomic E-state index is 11.5. The fourth-order valence-electron chi connectivity index (χ4n) is 2.42. The summed E-state index contributed by atoms with van der Waals surface area (Å²) in [6.07, 6.45) is 4.50. The molecule has 1 saturated heterocycles. The van der Waals surface area contributed by atoms with Gasteiger partial charge in [-0.05, 0) is 25.7 Å². The van der Waals surface area contributed by atoms with Gasteiger partial charge < -0.3 is 4.90 Å². The Morgan fingerprint density at radius 2 is 2.08 bits per heavy atom. The van der Waals surface area contributed by atoms with E-state index in [1.807, 2.05) is 4.90 Å². The second-order valence-electron chi connectivity index (χ2n) is 4.13. The summed E-state index contributed by atoms with van der Waals surface area (Å²) in [5.74, 6) is 0.135. The van der Waals surface area contributed by atoms with E-state index in [1.54, 1.807) is 0 Å². The van der Waals surface area contributed by atoms with Crippen molar-refractivity contribution in [3.63, 3.8) is 0 Å². The van der Waals surface area contributed by atoms with Crippen molar-refractivity contribution in [3.05, 3.63) is 0 Å². The van der Waals surface area contributed by atoms with Gasteiger partial charge in [-0.1, -0.05) is 6.92 Å². The van der Waals surface area contributed by atoms with Crippen molar-refractivity contribution < 1.29 is 9.59 Å². The van der Waals surface area contributed by atoms with Crippen LogP contribution in [0.5, 0.6) is 0 Å². The average molecular weight is 181 g/mol. The SMILES string of the molecule is CCC1(N2CC(=O)CC2=O)CCC1. The van der Waals surface area contributed by atoms with Gasteiger partial charge in [-0.15, -0.1) is 0 Å². The van der Waals surface area contributed by atoms with Crippen molar-refractivity contribution in [3.8, 4) is 0 Å². The summed E-state index contributed by atoms with van der Waals surface area (Å²) in [6, 6.07) is 0. The highest BCUT2D eigenvalue weighted by Gasteiger charge is 2.46. The lowest BCUT2D eigenvalue weighted by molar-refractivity contribution is -0.137. The number of ketones is 1. The summed E-state index contributed by atoms with van der Waals surface area (Å²) in [6.45, 7) is 2.47. The fourth-order valence-corrected chi connectivity index (χ4v) is 2.42. The zero-order valence-corrected chi connectivity index (χ0v) is 8.01. The second-order valence-corrected chi connectivity index (χ2v) is 4.13. The van der Waals surface area contributed by atoms with Crippen molar-refractivity contribution in [2.45, 2.75) is 44.6 Å². The van der Waals surface area contributed by atoms with Crippen LogP contribution in [0.2, 0.25) is 0 Å². The Balaban J connectivity index is 2.15. The Bertz CT molecular complexity index is 250. The van der Waals surface area contributed by atoms with Crippen LogP contribution in [0.25, 0.3) is 0 Å². The van der Waals surface area contributed by atoms with Crippen molar-refractivity contribution in [2.24, 2.45) is 0 Å². The molecule has 1 aliphatic heterocycles. The summed E-state index contributed by atoms with van der Waals surface area (Å²) in [7, 11) is 0. The van der Waals surface area contributed by atoms with Gasteiger partial charge in [0, 0.05) is 5.54 Å². The lowest BCUT2D eigenvalue weighted by Gasteiger charge is -2.48. The van der Waals surface area contributed by atoms with Crippen molar-refractivity contribution in [2.75, 3.05) is 6.54 Å². The summed E-state index contributed by atoms with van der Waals surface area (Å²) < 4.78 is 0. The van der Waals surface area contributed by atoms with E-state index in [9.17, 15) is 9.59 Å². The smallest absolute Gasteiger partial charge is 0.230 e. The predicted octanol–water partition coefficient (Wildman–Crippen LogP) is 1.12. The Morgan fingerprint density at radius 1 is 1.38 bits per heavy atom. The normalized spacial score (nSPS) is 26.4. The Hall–Kier alpha value is -0.860. The third-order valence-electron chi connectivity index (χ3n) is 3.50.